The molecule has 2 rings (SSSR count). The summed E-state index contributed by atoms with van der Waals surface area (Å²) in [6, 6.07) is 13.0. The second-order valence-corrected chi connectivity index (χ2v) is 9.52. The van der Waals surface area contributed by atoms with E-state index in [1.165, 1.54) is 5.56 Å². The van der Waals surface area contributed by atoms with Crippen LogP contribution in [0.4, 0.5) is 0 Å². The molecule has 0 aliphatic rings. The van der Waals surface area contributed by atoms with E-state index in [1.807, 2.05) is 49.4 Å². The van der Waals surface area contributed by atoms with Gasteiger partial charge in [0.15, 0.2) is 6.61 Å². The van der Waals surface area contributed by atoms with Crippen molar-refractivity contribution in [1.82, 2.24) is 10.2 Å². The van der Waals surface area contributed by atoms with Crippen molar-refractivity contribution < 1.29 is 14.3 Å². The Hall–Kier alpha value is -1.86. The van der Waals surface area contributed by atoms with E-state index in [-0.39, 0.29) is 18.4 Å². The molecule has 1 N–H and O–H groups in total. The lowest BCUT2D eigenvalue weighted by atomic mass is 10.0. The van der Waals surface area contributed by atoms with Gasteiger partial charge in [-0.25, -0.2) is 0 Å². The van der Waals surface area contributed by atoms with Crippen LogP contribution in [0.15, 0.2) is 51.4 Å². The van der Waals surface area contributed by atoms with Gasteiger partial charge in [-0.05, 0) is 70.6 Å². The minimum absolute atomic E-state index is 0.154. The Kier molecular flexibility index (Phi) is 10.0. The second-order valence-electron chi connectivity index (χ2n) is 7.75. The monoisotopic (exact) mass is 552 g/mol. The topological polar surface area (TPSA) is 58.6 Å². The van der Waals surface area contributed by atoms with Crippen LogP contribution in [0.5, 0.6) is 5.75 Å². The Morgan fingerprint density at radius 1 is 1.10 bits per heavy atom. The molecule has 0 aliphatic heterocycles. The summed E-state index contributed by atoms with van der Waals surface area (Å²) in [5, 5.41) is 2.87. The highest BCUT2D eigenvalue weighted by molar-refractivity contribution is 9.10. The van der Waals surface area contributed by atoms with Crippen LogP contribution in [0, 0.1) is 0 Å². The minimum atomic E-state index is -0.617. The third kappa shape index (κ3) is 7.65. The van der Waals surface area contributed by atoms with Crippen LogP contribution in [0.25, 0.3) is 0 Å². The largest absolute Gasteiger partial charge is 0.483 e. The molecule has 0 fully saturated rings. The Balaban J connectivity index is 2.16. The Morgan fingerprint density at radius 3 is 2.45 bits per heavy atom. The van der Waals surface area contributed by atoms with Gasteiger partial charge in [-0.2, -0.15) is 0 Å². The van der Waals surface area contributed by atoms with Gasteiger partial charge in [0.2, 0.25) is 5.91 Å². The number of halogens is 2. The first kappa shape index (κ1) is 25.4. The highest BCUT2D eigenvalue weighted by atomic mass is 79.9. The van der Waals surface area contributed by atoms with E-state index in [9.17, 15) is 9.59 Å². The van der Waals surface area contributed by atoms with Gasteiger partial charge in [-0.15, -0.1) is 0 Å². The summed E-state index contributed by atoms with van der Waals surface area (Å²) in [7, 11) is 0. The maximum atomic E-state index is 13.1. The molecule has 0 unspecified atom stereocenters. The first-order valence-electron chi connectivity index (χ1n) is 10.5. The molecular formula is C24H30Br2N2O3. The molecule has 168 valence electrons. The fourth-order valence-electron chi connectivity index (χ4n) is 3.03. The molecule has 1 atom stereocenters. The maximum Gasteiger partial charge on any atom is 0.261 e. The van der Waals surface area contributed by atoms with Crippen LogP contribution in [-0.2, 0) is 16.1 Å². The summed E-state index contributed by atoms with van der Waals surface area (Å²) in [5.74, 6) is 0.574. The smallest absolute Gasteiger partial charge is 0.261 e. The summed E-state index contributed by atoms with van der Waals surface area (Å²) >= 11 is 6.99. The van der Waals surface area contributed by atoms with Gasteiger partial charge in [-0.3, -0.25) is 9.59 Å². The predicted molar refractivity (Wildman–Crippen MR) is 131 cm³/mol. The fourth-order valence-corrected chi connectivity index (χ4v) is 3.98. The van der Waals surface area contributed by atoms with E-state index in [2.05, 4.69) is 51.0 Å². The molecule has 5 nitrogen and oxygen atoms in total. The van der Waals surface area contributed by atoms with E-state index in [4.69, 9.17) is 4.74 Å². The van der Waals surface area contributed by atoms with Gasteiger partial charge in [0.1, 0.15) is 11.8 Å². The first-order valence-corrected chi connectivity index (χ1v) is 12.0. The van der Waals surface area contributed by atoms with Crippen molar-refractivity contribution in [3.63, 3.8) is 0 Å². The Morgan fingerprint density at radius 2 is 1.84 bits per heavy atom. The van der Waals surface area contributed by atoms with Crippen LogP contribution < -0.4 is 10.1 Å². The van der Waals surface area contributed by atoms with Crippen molar-refractivity contribution in [2.75, 3.05) is 13.2 Å². The first-order chi connectivity index (χ1) is 14.7. The van der Waals surface area contributed by atoms with Crippen molar-refractivity contribution in [3.05, 3.63) is 62.5 Å². The van der Waals surface area contributed by atoms with Gasteiger partial charge >= 0.3 is 0 Å². The van der Waals surface area contributed by atoms with Gasteiger partial charge < -0.3 is 15.0 Å². The number of amides is 2. The van der Waals surface area contributed by atoms with Gasteiger partial charge in [0, 0.05) is 17.6 Å². The molecule has 2 aromatic carbocycles. The maximum absolute atomic E-state index is 13.1. The van der Waals surface area contributed by atoms with E-state index >= 15 is 0 Å². The molecule has 0 aromatic heterocycles. The zero-order valence-electron chi connectivity index (χ0n) is 18.5. The molecule has 2 amide bonds. The van der Waals surface area contributed by atoms with Crippen LogP contribution >= 0.6 is 31.9 Å². The number of hydrogen-bond acceptors (Lipinski definition) is 3. The SMILES string of the molecule is CCCNC(=O)[C@@H](C)N(Cc1cccc(Br)c1)C(=O)COc1ccc(C(C)C)cc1Br. The molecular weight excluding hydrogens is 524 g/mol. The Labute approximate surface area is 201 Å². The van der Waals surface area contributed by atoms with E-state index in [0.717, 1.165) is 20.9 Å². The number of nitrogens with zero attached hydrogens (tertiary/aromatic N) is 1. The third-order valence-corrected chi connectivity index (χ3v) is 6.05. The summed E-state index contributed by atoms with van der Waals surface area (Å²) < 4.78 is 7.53. The zero-order valence-corrected chi connectivity index (χ0v) is 21.6. The Bertz CT molecular complexity index is 902. The van der Waals surface area contributed by atoms with Crippen LogP contribution in [0.3, 0.4) is 0 Å². The average molecular weight is 554 g/mol. The fraction of sp³-hybridized carbons (Fsp3) is 0.417. The number of nitrogens with one attached hydrogen (secondary N) is 1. The van der Waals surface area contributed by atoms with Gasteiger partial charge in [0.05, 0.1) is 4.47 Å². The third-order valence-electron chi connectivity index (χ3n) is 4.93. The summed E-state index contributed by atoms with van der Waals surface area (Å²) in [6.45, 7) is 8.72. The number of hydrogen-bond donors (Lipinski definition) is 1. The summed E-state index contributed by atoms with van der Waals surface area (Å²) in [5.41, 5.74) is 2.11. The molecule has 0 saturated heterocycles. The van der Waals surface area contributed by atoms with Crippen molar-refractivity contribution in [3.8, 4) is 5.75 Å². The molecule has 0 heterocycles. The second kappa shape index (κ2) is 12.2. The number of carbonyl (C=O) groups excluding carboxylic acids is 2. The van der Waals surface area contributed by atoms with Crippen LogP contribution in [0.1, 0.15) is 51.2 Å². The quantitative estimate of drug-likeness (QED) is 0.413. The molecule has 7 heteroatoms. The van der Waals surface area contributed by atoms with Gasteiger partial charge in [0.25, 0.3) is 5.91 Å². The molecule has 0 aliphatic carbocycles. The van der Waals surface area contributed by atoms with E-state index < -0.39 is 6.04 Å². The highest BCUT2D eigenvalue weighted by Gasteiger charge is 2.26. The lowest BCUT2D eigenvalue weighted by Gasteiger charge is -2.29. The van der Waals surface area contributed by atoms with E-state index in [1.54, 1.807) is 11.8 Å². The van der Waals surface area contributed by atoms with Crippen molar-refractivity contribution in [1.29, 1.82) is 0 Å². The molecule has 2 aromatic rings. The minimum Gasteiger partial charge on any atom is -0.483 e. The van der Waals surface area contributed by atoms with Crippen molar-refractivity contribution in [2.45, 2.75) is 52.6 Å². The normalized spacial score (nSPS) is 11.8. The van der Waals surface area contributed by atoms with E-state index in [0.29, 0.717) is 24.8 Å². The standard InChI is InChI=1S/C24H30Br2N2O3/c1-5-11-27-24(30)17(4)28(14-18-7-6-8-20(25)12-18)23(29)15-31-22-10-9-19(16(2)3)13-21(22)26/h6-10,12-13,16-17H,5,11,14-15H2,1-4H3,(H,27,30)/t17-/m1/s1. The molecule has 0 bridgehead atoms. The van der Waals surface area contributed by atoms with Crippen molar-refractivity contribution >= 4 is 43.7 Å². The summed E-state index contributed by atoms with van der Waals surface area (Å²) in [6.07, 6.45) is 0.835. The molecule has 31 heavy (non-hydrogen) atoms. The zero-order chi connectivity index (χ0) is 23.0. The number of rotatable bonds is 10. The molecule has 0 spiro atoms. The number of carbonyl (C=O) groups is 2. The van der Waals surface area contributed by atoms with Crippen molar-refractivity contribution in [2.24, 2.45) is 0 Å². The van der Waals surface area contributed by atoms with Gasteiger partial charge in [-0.1, -0.05) is 54.9 Å². The average Bonchev–Trinajstić information content (AvgIpc) is 2.74. The summed E-state index contributed by atoms with van der Waals surface area (Å²) in [4.78, 5) is 27.2. The molecule has 0 saturated carbocycles. The number of benzene rings is 2. The van der Waals surface area contributed by atoms with Crippen LogP contribution in [0.2, 0.25) is 0 Å². The highest BCUT2D eigenvalue weighted by Crippen LogP contribution is 2.29. The van der Waals surface area contributed by atoms with Crippen LogP contribution in [-0.4, -0.2) is 35.9 Å². The number of ether oxygens (including phenoxy) is 1. The lowest BCUT2D eigenvalue weighted by Crippen LogP contribution is -2.49. The predicted octanol–water partition coefficient (Wildman–Crippen LogP) is 5.66. The molecule has 0 radical (unpaired) electrons. The lowest BCUT2D eigenvalue weighted by molar-refractivity contribution is -0.142.